The number of sulfonamides is 1. The second-order valence-corrected chi connectivity index (χ2v) is 8.34. The zero-order valence-electron chi connectivity index (χ0n) is 14.5. The minimum atomic E-state index is -3.88. The molecule has 4 rings (SSSR count). The van der Waals surface area contributed by atoms with Gasteiger partial charge in [-0.15, -0.1) is 0 Å². The predicted molar refractivity (Wildman–Crippen MR) is 104 cm³/mol. The van der Waals surface area contributed by atoms with Gasteiger partial charge >= 0.3 is 0 Å². The van der Waals surface area contributed by atoms with Crippen LogP contribution >= 0.6 is 11.6 Å². The van der Waals surface area contributed by atoms with Gasteiger partial charge in [-0.3, -0.25) is 0 Å². The summed E-state index contributed by atoms with van der Waals surface area (Å²) < 4.78 is 39.2. The molecule has 8 heteroatoms. The van der Waals surface area contributed by atoms with E-state index in [9.17, 15) is 13.5 Å². The molecule has 1 unspecified atom stereocenters. The molecule has 3 aromatic carbocycles. The van der Waals surface area contributed by atoms with Crippen LogP contribution in [0.3, 0.4) is 0 Å². The summed E-state index contributed by atoms with van der Waals surface area (Å²) in [5.74, 6) is 0.709. The van der Waals surface area contributed by atoms with Crippen LogP contribution in [0.25, 0.3) is 0 Å². The van der Waals surface area contributed by atoms with Gasteiger partial charge < -0.3 is 14.6 Å². The van der Waals surface area contributed by atoms with Crippen LogP contribution in [-0.2, 0) is 10.0 Å². The molecule has 2 N–H and O–H groups in total. The first kappa shape index (κ1) is 18.6. The van der Waals surface area contributed by atoms with Gasteiger partial charge in [0.05, 0.1) is 10.9 Å². The molecule has 28 heavy (non-hydrogen) atoms. The highest BCUT2D eigenvalue weighted by Gasteiger charge is 2.28. The molecule has 1 atom stereocenters. The third-order valence-electron chi connectivity index (χ3n) is 4.34. The van der Waals surface area contributed by atoms with Gasteiger partial charge in [-0.1, -0.05) is 41.9 Å². The number of rotatable bonds is 5. The predicted octanol–water partition coefficient (Wildman–Crippen LogP) is 3.84. The summed E-state index contributed by atoms with van der Waals surface area (Å²) >= 11 is 6.11. The average molecular weight is 418 g/mol. The smallest absolute Gasteiger partial charge is 0.241 e. The second kappa shape index (κ2) is 7.35. The fourth-order valence-electron chi connectivity index (χ4n) is 3.00. The first-order chi connectivity index (χ1) is 13.4. The Hall–Kier alpha value is -2.74. The third kappa shape index (κ3) is 3.64. The van der Waals surface area contributed by atoms with Crippen molar-refractivity contribution in [2.24, 2.45) is 0 Å². The van der Waals surface area contributed by atoms with Crippen molar-refractivity contribution in [2.75, 3.05) is 6.79 Å². The highest BCUT2D eigenvalue weighted by atomic mass is 35.5. The van der Waals surface area contributed by atoms with Crippen molar-refractivity contribution in [3.8, 4) is 17.2 Å². The topological polar surface area (TPSA) is 84.9 Å². The summed E-state index contributed by atoms with van der Waals surface area (Å²) in [6, 6.07) is 16.9. The molecule has 0 saturated heterocycles. The number of phenolic OH excluding ortho intramolecular Hbond substituents is 1. The molecule has 1 heterocycles. The van der Waals surface area contributed by atoms with Gasteiger partial charge in [0, 0.05) is 16.7 Å². The molecule has 0 bridgehead atoms. The van der Waals surface area contributed by atoms with Crippen molar-refractivity contribution in [1.82, 2.24) is 4.72 Å². The highest BCUT2D eigenvalue weighted by molar-refractivity contribution is 7.89. The molecule has 6 nitrogen and oxygen atoms in total. The summed E-state index contributed by atoms with van der Waals surface area (Å²) in [4.78, 5) is 0.113. The lowest BCUT2D eigenvalue weighted by Crippen LogP contribution is -2.29. The van der Waals surface area contributed by atoms with Crippen LogP contribution in [0, 0.1) is 0 Å². The number of hydrogen-bond donors (Lipinski definition) is 2. The summed E-state index contributed by atoms with van der Waals surface area (Å²) in [6.45, 7) is 0.0375. The number of halogens is 1. The standard InChI is InChI=1S/C20H16ClNO5S/c21-14-6-4-5-13(9-14)20(22-28(24,25)15-7-2-1-3-8-15)16-10-18-19(11-17(16)23)27-12-26-18/h1-11,20,22-23H,12H2. The Kier molecular flexibility index (Phi) is 4.89. The Morgan fingerprint density at radius 1 is 0.964 bits per heavy atom. The molecular weight excluding hydrogens is 402 g/mol. The Labute approximate surface area is 167 Å². The highest BCUT2D eigenvalue weighted by Crippen LogP contribution is 2.42. The fraction of sp³-hybridized carbons (Fsp3) is 0.100. The van der Waals surface area contributed by atoms with Gasteiger partial charge in [0.1, 0.15) is 5.75 Å². The van der Waals surface area contributed by atoms with Crippen LogP contribution in [0.2, 0.25) is 5.02 Å². The minimum Gasteiger partial charge on any atom is -0.507 e. The number of aromatic hydroxyl groups is 1. The molecule has 0 saturated carbocycles. The lowest BCUT2D eigenvalue weighted by molar-refractivity contribution is 0.174. The van der Waals surface area contributed by atoms with E-state index < -0.39 is 16.1 Å². The van der Waals surface area contributed by atoms with Gasteiger partial charge in [-0.2, -0.15) is 4.72 Å². The monoisotopic (exact) mass is 417 g/mol. The lowest BCUT2D eigenvalue weighted by atomic mass is 9.98. The van der Waals surface area contributed by atoms with Crippen LogP contribution in [-0.4, -0.2) is 20.3 Å². The number of ether oxygens (including phenoxy) is 2. The SMILES string of the molecule is O=S(=O)(NC(c1cccc(Cl)c1)c1cc2c(cc1O)OCO2)c1ccccc1. The Morgan fingerprint density at radius 3 is 2.39 bits per heavy atom. The Bertz CT molecular complexity index is 1120. The summed E-state index contributed by atoms with van der Waals surface area (Å²) in [5, 5.41) is 11.0. The van der Waals surface area contributed by atoms with E-state index in [1.54, 1.807) is 48.5 Å². The van der Waals surface area contributed by atoms with Crippen molar-refractivity contribution in [1.29, 1.82) is 0 Å². The molecule has 0 aliphatic carbocycles. The minimum absolute atomic E-state index is 0.0375. The van der Waals surface area contributed by atoms with E-state index in [0.29, 0.717) is 27.6 Å². The third-order valence-corrected chi connectivity index (χ3v) is 6.02. The van der Waals surface area contributed by atoms with Crippen molar-refractivity contribution in [3.05, 3.63) is 82.9 Å². The molecule has 0 amide bonds. The van der Waals surface area contributed by atoms with E-state index in [4.69, 9.17) is 21.1 Å². The number of nitrogens with one attached hydrogen (secondary N) is 1. The molecule has 1 aliphatic rings. The quantitative estimate of drug-likeness (QED) is 0.658. The average Bonchev–Trinajstić information content (AvgIpc) is 3.13. The Morgan fingerprint density at radius 2 is 1.68 bits per heavy atom. The van der Waals surface area contributed by atoms with Gasteiger partial charge in [-0.05, 0) is 35.9 Å². The number of benzene rings is 3. The zero-order valence-corrected chi connectivity index (χ0v) is 16.1. The maximum atomic E-state index is 12.9. The molecule has 0 spiro atoms. The summed E-state index contributed by atoms with van der Waals surface area (Å²) in [5.41, 5.74) is 0.896. The van der Waals surface area contributed by atoms with E-state index >= 15 is 0 Å². The van der Waals surface area contributed by atoms with Crippen molar-refractivity contribution >= 4 is 21.6 Å². The first-order valence-corrected chi connectivity index (χ1v) is 10.3. The molecule has 1 aliphatic heterocycles. The summed E-state index contributed by atoms with van der Waals surface area (Å²) in [6.07, 6.45) is 0. The zero-order chi connectivity index (χ0) is 19.7. The normalized spacial score (nSPS) is 14.0. The second-order valence-electron chi connectivity index (χ2n) is 6.19. The van der Waals surface area contributed by atoms with Crippen molar-refractivity contribution < 1.29 is 23.0 Å². The molecule has 0 fully saturated rings. The van der Waals surface area contributed by atoms with Crippen LogP contribution < -0.4 is 14.2 Å². The maximum absolute atomic E-state index is 12.9. The van der Waals surface area contributed by atoms with Crippen LogP contribution in [0.4, 0.5) is 0 Å². The Balaban J connectivity index is 1.82. The van der Waals surface area contributed by atoms with E-state index in [0.717, 1.165) is 0 Å². The summed E-state index contributed by atoms with van der Waals surface area (Å²) in [7, 11) is -3.88. The molecule has 144 valence electrons. The first-order valence-electron chi connectivity index (χ1n) is 8.39. The largest absolute Gasteiger partial charge is 0.507 e. The van der Waals surface area contributed by atoms with E-state index in [2.05, 4.69) is 4.72 Å². The van der Waals surface area contributed by atoms with Crippen molar-refractivity contribution in [2.45, 2.75) is 10.9 Å². The van der Waals surface area contributed by atoms with Crippen LogP contribution in [0.15, 0.2) is 71.6 Å². The van der Waals surface area contributed by atoms with E-state index in [-0.39, 0.29) is 17.4 Å². The van der Waals surface area contributed by atoms with Crippen LogP contribution in [0.5, 0.6) is 17.2 Å². The van der Waals surface area contributed by atoms with Gasteiger partial charge in [-0.25, -0.2) is 8.42 Å². The molecule has 3 aromatic rings. The van der Waals surface area contributed by atoms with Gasteiger partial charge in [0.2, 0.25) is 16.8 Å². The van der Waals surface area contributed by atoms with Crippen molar-refractivity contribution in [3.63, 3.8) is 0 Å². The molecular formula is C20H16ClNO5S. The van der Waals surface area contributed by atoms with Crippen LogP contribution in [0.1, 0.15) is 17.2 Å². The van der Waals surface area contributed by atoms with Gasteiger partial charge in [0.25, 0.3) is 0 Å². The number of hydrogen-bond acceptors (Lipinski definition) is 5. The fourth-order valence-corrected chi connectivity index (χ4v) is 4.42. The molecule has 0 radical (unpaired) electrons. The number of phenols is 1. The van der Waals surface area contributed by atoms with E-state index in [1.807, 2.05) is 0 Å². The number of fused-ring (bicyclic) bond motifs is 1. The lowest BCUT2D eigenvalue weighted by Gasteiger charge is -2.21. The van der Waals surface area contributed by atoms with Gasteiger partial charge in [0.15, 0.2) is 11.5 Å². The van der Waals surface area contributed by atoms with E-state index in [1.165, 1.54) is 18.2 Å². The molecule has 0 aromatic heterocycles. The maximum Gasteiger partial charge on any atom is 0.241 e.